The van der Waals surface area contributed by atoms with E-state index in [1.54, 1.807) is 13.8 Å². The van der Waals surface area contributed by atoms with Gasteiger partial charge < -0.3 is 0 Å². The van der Waals surface area contributed by atoms with Crippen LogP contribution in [0.5, 0.6) is 0 Å². The van der Waals surface area contributed by atoms with Gasteiger partial charge in [0, 0.05) is 11.6 Å². The van der Waals surface area contributed by atoms with Gasteiger partial charge in [0.1, 0.15) is 4.90 Å². The Hall–Kier alpha value is -1.93. The van der Waals surface area contributed by atoms with E-state index in [-0.39, 0.29) is 16.0 Å². The third-order valence-electron chi connectivity index (χ3n) is 2.88. The van der Waals surface area contributed by atoms with Gasteiger partial charge in [-0.15, -0.1) is 0 Å². The van der Waals surface area contributed by atoms with Crippen molar-refractivity contribution < 1.29 is 22.8 Å². The molecule has 0 spiro atoms. The number of hydroxylamine groups is 1. The van der Waals surface area contributed by atoms with E-state index < -0.39 is 27.9 Å². The van der Waals surface area contributed by atoms with E-state index in [9.17, 15) is 18.0 Å². The fourth-order valence-electron chi connectivity index (χ4n) is 2.05. The van der Waals surface area contributed by atoms with Gasteiger partial charge >= 0.3 is 0 Å². The van der Waals surface area contributed by atoms with Gasteiger partial charge in [0.2, 0.25) is 0 Å². The summed E-state index contributed by atoms with van der Waals surface area (Å²) >= 11 is 0. The summed E-state index contributed by atoms with van der Waals surface area (Å²) in [6.45, 7) is 3.22. The number of nitrogens with one attached hydrogen (secondary N) is 1. The lowest BCUT2D eigenvalue weighted by atomic mass is 10.1. The highest BCUT2D eigenvalue weighted by Gasteiger charge is 2.42. The lowest BCUT2D eigenvalue weighted by Crippen LogP contribution is -2.36. The molecular formula is C12H14N2O5S. The second-order valence-electron chi connectivity index (χ2n) is 4.55. The van der Waals surface area contributed by atoms with Crippen molar-refractivity contribution in [2.24, 2.45) is 0 Å². The van der Waals surface area contributed by atoms with Crippen molar-refractivity contribution in [3.05, 3.63) is 29.3 Å². The van der Waals surface area contributed by atoms with Crippen LogP contribution in [0.25, 0.3) is 0 Å². The molecule has 0 atom stereocenters. The average molecular weight is 298 g/mol. The molecule has 0 aliphatic carbocycles. The molecule has 1 heterocycles. The summed E-state index contributed by atoms with van der Waals surface area (Å²) in [5, 5.41) is 0. The Bertz CT molecular complexity index is 681. The zero-order valence-electron chi connectivity index (χ0n) is 11.2. The van der Waals surface area contributed by atoms with Gasteiger partial charge in [-0.3, -0.25) is 14.4 Å². The lowest BCUT2D eigenvalue weighted by molar-refractivity contribution is 0.0537. The Morgan fingerprint density at radius 2 is 2.00 bits per heavy atom. The first-order valence-corrected chi connectivity index (χ1v) is 7.31. The predicted octanol–water partition coefficient (Wildman–Crippen LogP) is 0.531. The molecule has 1 aliphatic rings. The van der Waals surface area contributed by atoms with Crippen molar-refractivity contribution in [2.45, 2.75) is 24.8 Å². The third kappa shape index (κ3) is 2.06. The first-order valence-electron chi connectivity index (χ1n) is 5.87. The maximum absolute atomic E-state index is 12.3. The van der Waals surface area contributed by atoms with Crippen molar-refractivity contribution >= 4 is 21.8 Å². The van der Waals surface area contributed by atoms with Gasteiger partial charge in [-0.2, -0.15) is 0 Å². The monoisotopic (exact) mass is 298 g/mol. The Kier molecular flexibility index (Phi) is 3.53. The minimum atomic E-state index is -3.90. The summed E-state index contributed by atoms with van der Waals surface area (Å²) in [4.78, 5) is 28.0. The van der Waals surface area contributed by atoms with Crippen molar-refractivity contribution in [3.63, 3.8) is 0 Å². The van der Waals surface area contributed by atoms with Crippen molar-refractivity contribution in [1.82, 2.24) is 9.79 Å². The molecule has 1 N–H and O–H groups in total. The van der Waals surface area contributed by atoms with Crippen LogP contribution in [0, 0.1) is 0 Å². The SMILES string of the molecule is CONC(=O)c1ccc2c(c1)S(=O)(=O)N(C(C)C)C2=O. The predicted molar refractivity (Wildman–Crippen MR) is 69.4 cm³/mol. The van der Waals surface area contributed by atoms with E-state index >= 15 is 0 Å². The molecule has 0 aromatic heterocycles. The molecule has 1 aromatic rings. The van der Waals surface area contributed by atoms with E-state index in [0.717, 1.165) is 4.31 Å². The fraction of sp³-hybridized carbons (Fsp3) is 0.333. The van der Waals surface area contributed by atoms with E-state index in [1.165, 1.54) is 25.3 Å². The Labute approximate surface area is 116 Å². The summed E-state index contributed by atoms with van der Waals surface area (Å²) in [6, 6.07) is 3.41. The van der Waals surface area contributed by atoms with E-state index in [2.05, 4.69) is 10.3 Å². The minimum Gasteiger partial charge on any atom is -0.277 e. The number of sulfonamides is 1. The lowest BCUT2D eigenvalue weighted by Gasteiger charge is -2.18. The number of hydrogen-bond acceptors (Lipinski definition) is 5. The van der Waals surface area contributed by atoms with E-state index in [0.29, 0.717) is 0 Å². The van der Waals surface area contributed by atoms with E-state index in [1.807, 2.05) is 0 Å². The summed E-state index contributed by atoms with van der Waals surface area (Å²) in [6.07, 6.45) is 0. The third-order valence-corrected chi connectivity index (χ3v) is 4.87. The highest BCUT2D eigenvalue weighted by atomic mass is 32.2. The van der Waals surface area contributed by atoms with Crippen LogP contribution >= 0.6 is 0 Å². The van der Waals surface area contributed by atoms with Gasteiger partial charge in [-0.25, -0.2) is 18.2 Å². The van der Waals surface area contributed by atoms with Crippen LogP contribution in [-0.4, -0.2) is 37.7 Å². The molecule has 8 heteroatoms. The van der Waals surface area contributed by atoms with Crippen LogP contribution in [0.2, 0.25) is 0 Å². The number of carbonyl (C=O) groups excluding carboxylic acids is 2. The molecule has 7 nitrogen and oxygen atoms in total. The molecule has 0 saturated heterocycles. The Balaban J connectivity index is 2.56. The number of nitrogens with zero attached hydrogens (tertiary/aromatic N) is 1. The molecule has 0 radical (unpaired) electrons. The van der Waals surface area contributed by atoms with Crippen LogP contribution in [0.15, 0.2) is 23.1 Å². The van der Waals surface area contributed by atoms with Crippen molar-refractivity contribution in [1.29, 1.82) is 0 Å². The smallest absolute Gasteiger partial charge is 0.274 e. The molecule has 1 aromatic carbocycles. The molecule has 20 heavy (non-hydrogen) atoms. The molecule has 1 aliphatic heterocycles. The zero-order valence-corrected chi connectivity index (χ0v) is 12.0. The maximum atomic E-state index is 12.3. The van der Waals surface area contributed by atoms with Crippen LogP contribution in [0.3, 0.4) is 0 Å². The van der Waals surface area contributed by atoms with Gasteiger partial charge in [-0.05, 0) is 32.0 Å². The molecule has 108 valence electrons. The Morgan fingerprint density at radius 1 is 1.35 bits per heavy atom. The number of benzene rings is 1. The molecule has 2 amide bonds. The number of hydrogen-bond donors (Lipinski definition) is 1. The van der Waals surface area contributed by atoms with Gasteiger partial charge in [0.15, 0.2) is 0 Å². The summed E-state index contributed by atoms with van der Waals surface area (Å²) < 4.78 is 25.4. The van der Waals surface area contributed by atoms with Gasteiger partial charge in [-0.1, -0.05) is 0 Å². The number of carbonyl (C=O) groups is 2. The Morgan fingerprint density at radius 3 is 2.55 bits per heavy atom. The summed E-state index contributed by atoms with van der Waals surface area (Å²) in [5.41, 5.74) is 2.27. The molecule has 0 bridgehead atoms. The first kappa shape index (κ1) is 14.5. The maximum Gasteiger partial charge on any atom is 0.274 e. The van der Waals surface area contributed by atoms with Gasteiger partial charge in [0.25, 0.3) is 21.8 Å². The molecular weight excluding hydrogens is 284 g/mol. The van der Waals surface area contributed by atoms with Crippen LogP contribution in [0.1, 0.15) is 34.6 Å². The zero-order chi connectivity index (χ0) is 15.1. The summed E-state index contributed by atoms with van der Waals surface area (Å²) in [5.74, 6) is -1.16. The molecule has 0 fully saturated rings. The van der Waals surface area contributed by atoms with Crippen molar-refractivity contribution in [2.75, 3.05) is 7.11 Å². The molecule has 0 unspecified atom stereocenters. The topological polar surface area (TPSA) is 92.8 Å². The second-order valence-corrected chi connectivity index (χ2v) is 6.33. The second kappa shape index (κ2) is 4.88. The largest absolute Gasteiger partial charge is 0.277 e. The average Bonchev–Trinajstić information content (AvgIpc) is 2.57. The number of fused-ring (bicyclic) bond motifs is 1. The number of amides is 2. The fourth-order valence-corrected chi connectivity index (χ4v) is 3.84. The van der Waals surface area contributed by atoms with Crippen LogP contribution in [0.4, 0.5) is 0 Å². The first-order chi connectivity index (χ1) is 9.30. The van der Waals surface area contributed by atoms with Gasteiger partial charge in [0.05, 0.1) is 12.7 Å². The highest BCUT2D eigenvalue weighted by molar-refractivity contribution is 7.90. The molecule has 2 rings (SSSR count). The van der Waals surface area contributed by atoms with Crippen LogP contribution in [-0.2, 0) is 14.9 Å². The minimum absolute atomic E-state index is 0.0765. The molecule has 0 saturated carbocycles. The van der Waals surface area contributed by atoms with Crippen molar-refractivity contribution in [3.8, 4) is 0 Å². The number of rotatable bonds is 3. The highest BCUT2D eigenvalue weighted by Crippen LogP contribution is 2.32. The van der Waals surface area contributed by atoms with E-state index in [4.69, 9.17) is 0 Å². The van der Waals surface area contributed by atoms with Crippen LogP contribution < -0.4 is 5.48 Å². The standard InChI is InChI=1S/C12H14N2O5S/c1-7(2)14-12(16)9-5-4-8(11(15)13-19-3)6-10(9)20(14,17)18/h4-7H,1-3H3,(H,13,15). The normalized spacial score (nSPS) is 16.4. The quantitative estimate of drug-likeness (QED) is 0.822. The summed E-state index contributed by atoms with van der Waals surface area (Å²) in [7, 11) is -2.63.